The van der Waals surface area contributed by atoms with Gasteiger partial charge in [-0.25, -0.2) is 0 Å². The molecule has 2 aromatic carbocycles. The van der Waals surface area contributed by atoms with Crippen molar-refractivity contribution in [3.8, 4) is 17.2 Å². The molecule has 5 nitrogen and oxygen atoms in total. The summed E-state index contributed by atoms with van der Waals surface area (Å²) in [6.07, 6.45) is 2.46. The van der Waals surface area contributed by atoms with E-state index in [1.54, 1.807) is 21.3 Å². The summed E-state index contributed by atoms with van der Waals surface area (Å²) in [7, 11) is 4.73. The van der Waals surface area contributed by atoms with Crippen LogP contribution in [0.15, 0.2) is 42.5 Å². The highest BCUT2D eigenvalue weighted by atomic mass is 16.5. The van der Waals surface area contributed by atoms with Crippen molar-refractivity contribution in [2.75, 3.05) is 21.3 Å². The molecule has 0 spiro atoms. The van der Waals surface area contributed by atoms with Crippen LogP contribution in [-0.2, 0) is 17.8 Å². The van der Waals surface area contributed by atoms with Crippen LogP contribution in [0.2, 0.25) is 0 Å². The van der Waals surface area contributed by atoms with Crippen LogP contribution >= 0.6 is 0 Å². The first-order chi connectivity index (χ1) is 12.7. The topological polar surface area (TPSA) is 48.0 Å². The molecule has 5 heteroatoms. The van der Waals surface area contributed by atoms with E-state index in [1.807, 2.05) is 35.2 Å². The van der Waals surface area contributed by atoms with Gasteiger partial charge in [0.15, 0.2) is 11.5 Å². The lowest BCUT2D eigenvalue weighted by atomic mass is 10.1. The fourth-order valence-corrected chi connectivity index (χ4v) is 3.10. The highest BCUT2D eigenvalue weighted by molar-refractivity contribution is 5.80. The lowest BCUT2D eigenvalue weighted by molar-refractivity contribution is -0.131. The van der Waals surface area contributed by atoms with Gasteiger partial charge in [0.1, 0.15) is 0 Å². The Hall–Kier alpha value is -2.69. The molecule has 0 atom stereocenters. The predicted molar refractivity (Wildman–Crippen MR) is 99.8 cm³/mol. The third kappa shape index (κ3) is 4.10. The van der Waals surface area contributed by atoms with Crippen LogP contribution in [0.3, 0.4) is 0 Å². The minimum absolute atomic E-state index is 0.116. The molecule has 0 N–H and O–H groups in total. The van der Waals surface area contributed by atoms with Crippen LogP contribution in [-0.4, -0.2) is 38.2 Å². The van der Waals surface area contributed by atoms with E-state index in [1.165, 1.54) is 0 Å². The Kier molecular flexibility index (Phi) is 5.66. The lowest BCUT2D eigenvalue weighted by Crippen LogP contribution is -2.33. The number of hydrogen-bond acceptors (Lipinski definition) is 4. The van der Waals surface area contributed by atoms with Crippen molar-refractivity contribution in [2.45, 2.75) is 31.8 Å². The molecule has 0 bridgehead atoms. The molecular weight excluding hydrogens is 330 g/mol. The molecule has 1 aliphatic rings. The van der Waals surface area contributed by atoms with Crippen LogP contribution in [0.25, 0.3) is 0 Å². The third-order valence-electron chi connectivity index (χ3n) is 4.58. The van der Waals surface area contributed by atoms with Crippen molar-refractivity contribution in [2.24, 2.45) is 0 Å². The van der Waals surface area contributed by atoms with Crippen LogP contribution < -0.4 is 14.2 Å². The number of ether oxygens (including phenoxy) is 3. The van der Waals surface area contributed by atoms with Gasteiger partial charge in [-0.1, -0.05) is 30.3 Å². The minimum atomic E-state index is 0.116. The van der Waals surface area contributed by atoms with Crippen LogP contribution in [0.4, 0.5) is 0 Å². The molecule has 2 aromatic rings. The summed E-state index contributed by atoms with van der Waals surface area (Å²) in [6.45, 7) is 0.648. The number of rotatable bonds is 8. The Morgan fingerprint density at radius 2 is 1.58 bits per heavy atom. The number of benzene rings is 2. The number of amides is 1. The van der Waals surface area contributed by atoms with Gasteiger partial charge in [0.2, 0.25) is 11.7 Å². The normalized spacial score (nSPS) is 13.2. The monoisotopic (exact) mass is 355 g/mol. The molecule has 1 aliphatic carbocycles. The summed E-state index contributed by atoms with van der Waals surface area (Å²) in [4.78, 5) is 14.9. The summed E-state index contributed by atoms with van der Waals surface area (Å²) in [6, 6.07) is 14.1. The van der Waals surface area contributed by atoms with E-state index >= 15 is 0 Å². The molecule has 0 saturated heterocycles. The molecule has 26 heavy (non-hydrogen) atoms. The minimum Gasteiger partial charge on any atom is -0.493 e. The van der Waals surface area contributed by atoms with Gasteiger partial charge in [0.25, 0.3) is 0 Å². The molecule has 0 aromatic heterocycles. The second kappa shape index (κ2) is 8.13. The summed E-state index contributed by atoms with van der Waals surface area (Å²) >= 11 is 0. The molecule has 1 fully saturated rings. The van der Waals surface area contributed by atoms with Crippen molar-refractivity contribution < 1.29 is 19.0 Å². The van der Waals surface area contributed by atoms with Crippen molar-refractivity contribution >= 4 is 5.91 Å². The molecule has 0 radical (unpaired) electrons. The number of carbonyl (C=O) groups excluding carboxylic acids is 1. The van der Waals surface area contributed by atoms with E-state index in [-0.39, 0.29) is 5.91 Å². The summed E-state index contributed by atoms with van der Waals surface area (Å²) in [5.74, 6) is 1.78. The molecule has 1 amide bonds. The standard InChI is InChI=1S/C21H25NO4/c1-24-18-11-16(12-19(25-2)21(18)26-3)13-20(23)22(17-9-10-17)14-15-7-5-4-6-8-15/h4-8,11-12,17H,9-10,13-14H2,1-3H3. The zero-order valence-corrected chi connectivity index (χ0v) is 15.5. The van der Waals surface area contributed by atoms with Gasteiger partial charge in [0, 0.05) is 12.6 Å². The second-order valence-electron chi connectivity index (χ2n) is 6.45. The van der Waals surface area contributed by atoms with E-state index in [2.05, 4.69) is 12.1 Å². The smallest absolute Gasteiger partial charge is 0.227 e. The number of methoxy groups -OCH3 is 3. The third-order valence-corrected chi connectivity index (χ3v) is 4.58. The van der Waals surface area contributed by atoms with E-state index in [0.717, 1.165) is 24.0 Å². The maximum atomic E-state index is 13.0. The van der Waals surface area contributed by atoms with E-state index in [4.69, 9.17) is 14.2 Å². The zero-order valence-electron chi connectivity index (χ0n) is 15.5. The van der Waals surface area contributed by atoms with Gasteiger partial charge in [-0.15, -0.1) is 0 Å². The van der Waals surface area contributed by atoms with Crippen molar-refractivity contribution in [1.82, 2.24) is 4.90 Å². The number of carbonyl (C=O) groups is 1. The van der Waals surface area contributed by atoms with Crippen molar-refractivity contribution in [3.05, 3.63) is 53.6 Å². The second-order valence-corrected chi connectivity index (χ2v) is 6.45. The van der Waals surface area contributed by atoms with Gasteiger partial charge < -0.3 is 19.1 Å². The highest BCUT2D eigenvalue weighted by Gasteiger charge is 2.32. The largest absolute Gasteiger partial charge is 0.493 e. The molecule has 0 aliphatic heterocycles. The van der Waals surface area contributed by atoms with Crippen LogP contribution in [0.1, 0.15) is 24.0 Å². The molecule has 0 unspecified atom stereocenters. The van der Waals surface area contributed by atoms with Gasteiger partial charge in [-0.3, -0.25) is 4.79 Å². The molecule has 1 saturated carbocycles. The molecular formula is C21H25NO4. The Morgan fingerprint density at radius 3 is 2.08 bits per heavy atom. The lowest BCUT2D eigenvalue weighted by Gasteiger charge is -2.23. The summed E-state index contributed by atoms with van der Waals surface area (Å²) < 4.78 is 16.1. The Morgan fingerprint density at radius 1 is 0.962 bits per heavy atom. The first-order valence-electron chi connectivity index (χ1n) is 8.78. The average molecular weight is 355 g/mol. The average Bonchev–Trinajstić information content (AvgIpc) is 3.51. The molecule has 0 heterocycles. The van der Waals surface area contributed by atoms with E-state index < -0.39 is 0 Å². The number of hydrogen-bond donors (Lipinski definition) is 0. The first-order valence-corrected chi connectivity index (χ1v) is 8.78. The predicted octanol–water partition coefficient (Wildman–Crippen LogP) is 3.45. The maximum Gasteiger partial charge on any atom is 0.227 e. The van der Waals surface area contributed by atoms with Crippen molar-refractivity contribution in [3.63, 3.8) is 0 Å². The first kappa shape index (κ1) is 18.1. The van der Waals surface area contributed by atoms with Crippen LogP contribution in [0, 0.1) is 0 Å². The van der Waals surface area contributed by atoms with Gasteiger partial charge in [-0.05, 0) is 36.1 Å². The fraction of sp³-hybridized carbons (Fsp3) is 0.381. The number of nitrogens with zero attached hydrogens (tertiary/aromatic N) is 1. The molecule has 3 rings (SSSR count). The zero-order chi connectivity index (χ0) is 18.5. The Balaban J connectivity index is 1.79. The summed E-state index contributed by atoms with van der Waals surface area (Å²) in [5, 5.41) is 0. The molecule has 138 valence electrons. The van der Waals surface area contributed by atoms with Crippen molar-refractivity contribution in [1.29, 1.82) is 0 Å². The van der Waals surface area contributed by atoms with E-state index in [0.29, 0.717) is 36.3 Å². The van der Waals surface area contributed by atoms with E-state index in [9.17, 15) is 4.79 Å². The van der Waals surface area contributed by atoms with Gasteiger partial charge in [0.05, 0.1) is 27.8 Å². The fourth-order valence-electron chi connectivity index (χ4n) is 3.10. The maximum absolute atomic E-state index is 13.0. The highest BCUT2D eigenvalue weighted by Crippen LogP contribution is 2.38. The summed E-state index contributed by atoms with van der Waals surface area (Å²) in [5.41, 5.74) is 2.00. The van der Waals surface area contributed by atoms with Crippen LogP contribution in [0.5, 0.6) is 17.2 Å². The van der Waals surface area contributed by atoms with Gasteiger partial charge >= 0.3 is 0 Å². The SMILES string of the molecule is COc1cc(CC(=O)N(Cc2ccccc2)C2CC2)cc(OC)c1OC. The Labute approximate surface area is 154 Å². The quantitative estimate of drug-likeness (QED) is 0.728. The Bertz CT molecular complexity index is 731. The van der Waals surface area contributed by atoms with Gasteiger partial charge in [-0.2, -0.15) is 0 Å².